The lowest BCUT2D eigenvalue weighted by molar-refractivity contribution is -0.793. The highest BCUT2D eigenvalue weighted by molar-refractivity contribution is 5.92. The number of carbonyl (C=O) groups excluding carboxylic acids is 2. The van der Waals surface area contributed by atoms with Crippen molar-refractivity contribution < 1.29 is 14.8 Å². The first-order valence-corrected chi connectivity index (χ1v) is 2.26. The van der Waals surface area contributed by atoms with E-state index in [1.807, 2.05) is 5.43 Å². The predicted octanol–water partition coefficient (Wildman–Crippen LogP) is -1.94. The molecule has 1 aliphatic heterocycles. The number of nitrogens with one attached hydrogen (secondary N) is 2. The Kier molecular flexibility index (Phi) is 1.11. The predicted molar refractivity (Wildman–Crippen MR) is 26.0 cm³/mol. The fraction of sp³-hybridized carbons (Fsp3) is 0.333. The molecule has 0 aliphatic carbocycles. The van der Waals surface area contributed by atoms with Crippen molar-refractivity contribution in [1.29, 1.82) is 0 Å². The van der Waals surface area contributed by atoms with E-state index in [-0.39, 0.29) is 0 Å². The average Bonchev–Trinajstić information content (AvgIpc) is 1.98. The molecule has 0 saturated carbocycles. The van der Waals surface area contributed by atoms with Crippen LogP contribution in [0.3, 0.4) is 0 Å². The van der Waals surface area contributed by atoms with Gasteiger partial charge >= 0.3 is 12.1 Å². The Bertz CT molecular complexity index is 168. The molecule has 0 bridgehead atoms. The number of hydrogen-bond donors (Lipinski definition) is 2. The number of urea groups is 2. The highest BCUT2D eigenvalue weighted by Crippen LogP contribution is 1.84. The maximum Gasteiger partial charge on any atom is 0.450 e. The molecule has 1 heterocycles. The molecule has 6 heteroatoms. The normalized spacial score (nSPS) is 26.9. The van der Waals surface area contributed by atoms with E-state index in [9.17, 15) is 14.8 Å². The molecular formula is C3H5N3O3. The molecule has 0 radical (unpaired) electrons. The molecule has 6 nitrogen and oxygen atoms in total. The number of hydroxylamine groups is 1. The summed E-state index contributed by atoms with van der Waals surface area (Å²) in [6.07, 6.45) is 0. The lowest BCUT2D eigenvalue weighted by Crippen LogP contribution is -3.14. The Balaban J connectivity index is 2.77. The molecule has 1 rings (SSSR count). The number of hydrogen-bond acceptors (Lipinski definition) is 3. The van der Waals surface area contributed by atoms with Gasteiger partial charge in [-0.2, -0.15) is 10.6 Å². The van der Waals surface area contributed by atoms with E-state index in [1.54, 1.807) is 0 Å². The summed E-state index contributed by atoms with van der Waals surface area (Å²) in [5, 5.41) is 9.41. The van der Waals surface area contributed by atoms with E-state index < -0.39 is 17.2 Å². The molecule has 0 aromatic carbocycles. The van der Waals surface area contributed by atoms with E-state index in [0.717, 1.165) is 4.90 Å². The van der Waals surface area contributed by atoms with Gasteiger partial charge in [0, 0.05) is 7.05 Å². The summed E-state index contributed by atoms with van der Waals surface area (Å²) in [7, 11) is 1.24. The highest BCUT2D eigenvalue weighted by Gasteiger charge is 2.33. The lowest BCUT2D eigenvalue weighted by Gasteiger charge is -2.06. The van der Waals surface area contributed by atoms with Gasteiger partial charge in [0.1, 0.15) is 0 Å². The zero-order valence-electron chi connectivity index (χ0n) is 4.67. The van der Waals surface area contributed by atoms with Gasteiger partial charge in [-0.15, -0.1) is 0 Å². The van der Waals surface area contributed by atoms with E-state index in [0.29, 0.717) is 0 Å². The third kappa shape index (κ3) is 0.734. The van der Waals surface area contributed by atoms with Crippen LogP contribution in [0.5, 0.6) is 0 Å². The van der Waals surface area contributed by atoms with Crippen LogP contribution in [0.25, 0.3) is 0 Å². The standard InChI is InChI=1S/C3H5N3O3/c1-5-2(7)4-6(9)3(5)8/h6H,1H3,(H,4,7). The number of imide groups is 1. The van der Waals surface area contributed by atoms with Crippen molar-refractivity contribution >= 4 is 12.1 Å². The summed E-state index contributed by atoms with van der Waals surface area (Å²) in [6, 6.07) is -1.47. The zero-order valence-corrected chi connectivity index (χ0v) is 4.67. The second-order valence-electron chi connectivity index (χ2n) is 1.62. The van der Waals surface area contributed by atoms with Crippen molar-refractivity contribution in [2.75, 3.05) is 7.05 Å². The fourth-order valence-corrected chi connectivity index (χ4v) is 0.479. The fourth-order valence-electron chi connectivity index (χ4n) is 0.479. The topological polar surface area (TPSA) is 76.9 Å². The number of rotatable bonds is 0. The number of carbonyl (C=O) groups is 2. The molecule has 50 valence electrons. The maximum absolute atomic E-state index is 10.4. The first kappa shape index (κ1) is 5.99. The van der Waals surface area contributed by atoms with Crippen LogP contribution in [0.1, 0.15) is 0 Å². The smallest absolute Gasteiger partial charge is 0.450 e. The van der Waals surface area contributed by atoms with Crippen LogP contribution in [0.15, 0.2) is 0 Å². The lowest BCUT2D eigenvalue weighted by atomic mass is 10.8. The van der Waals surface area contributed by atoms with Crippen LogP contribution in [-0.2, 0) is 0 Å². The van der Waals surface area contributed by atoms with E-state index in [2.05, 4.69) is 0 Å². The Morgan fingerprint density at radius 1 is 1.67 bits per heavy atom. The summed E-state index contributed by atoms with van der Waals surface area (Å²) in [6.45, 7) is 0. The largest absolute Gasteiger partial charge is 0.599 e. The summed E-state index contributed by atoms with van der Waals surface area (Å²) in [4.78, 5) is 21.5. The molecule has 2 N–H and O–H groups in total. The van der Waals surface area contributed by atoms with Crippen LogP contribution in [0.2, 0.25) is 0 Å². The molecule has 1 fully saturated rings. The van der Waals surface area contributed by atoms with Crippen molar-refractivity contribution in [2.24, 2.45) is 0 Å². The molecule has 0 aromatic heterocycles. The monoisotopic (exact) mass is 131 g/mol. The SMILES string of the molecule is CN1C(=O)N[NH+]([O-])C1=O. The zero-order chi connectivity index (χ0) is 7.02. The van der Waals surface area contributed by atoms with Gasteiger partial charge in [0.15, 0.2) is 0 Å². The third-order valence-corrected chi connectivity index (χ3v) is 1.02. The molecule has 4 amide bonds. The molecular weight excluding hydrogens is 126 g/mol. The molecule has 1 saturated heterocycles. The summed E-state index contributed by atoms with van der Waals surface area (Å²) >= 11 is 0. The molecule has 9 heavy (non-hydrogen) atoms. The molecule has 1 aliphatic rings. The minimum Gasteiger partial charge on any atom is -0.599 e. The third-order valence-electron chi connectivity index (χ3n) is 1.02. The van der Waals surface area contributed by atoms with Crippen LogP contribution >= 0.6 is 0 Å². The minimum atomic E-state index is -0.859. The van der Waals surface area contributed by atoms with Crippen LogP contribution < -0.4 is 10.6 Å². The van der Waals surface area contributed by atoms with E-state index in [4.69, 9.17) is 0 Å². The van der Waals surface area contributed by atoms with Gasteiger partial charge in [-0.1, -0.05) is 0 Å². The molecule has 1 unspecified atom stereocenters. The second kappa shape index (κ2) is 1.67. The highest BCUT2D eigenvalue weighted by atomic mass is 16.6. The second-order valence-corrected chi connectivity index (χ2v) is 1.62. The van der Waals surface area contributed by atoms with Crippen molar-refractivity contribution in [1.82, 2.24) is 10.3 Å². The van der Waals surface area contributed by atoms with Gasteiger partial charge in [0.2, 0.25) is 0 Å². The quantitative estimate of drug-likeness (QED) is 0.375. The van der Waals surface area contributed by atoms with Gasteiger partial charge < -0.3 is 5.21 Å². The Labute approximate surface area is 50.6 Å². The molecule has 0 spiro atoms. The first-order chi connectivity index (χ1) is 4.13. The Hall–Kier alpha value is -1.14. The summed E-state index contributed by atoms with van der Waals surface area (Å²) in [5.74, 6) is 0. The van der Waals surface area contributed by atoms with Crippen molar-refractivity contribution in [3.05, 3.63) is 5.21 Å². The van der Waals surface area contributed by atoms with Gasteiger partial charge in [-0.3, -0.25) is 0 Å². The van der Waals surface area contributed by atoms with E-state index in [1.165, 1.54) is 7.05 Å². The van der Waals surface area contributed by atoms with Crippen molar-refractivity contribution in [3.63, 3.8) is 0 Å². The molecule has 1 atom stereocenters. The van der Waals surface area contributed by atoms with Crippen molar-refractivity contribution in [2.45, 2.75) is 0 Å². The van der Waals surface area contributed by atoms with Gasteiger partial charge in [-0.25, -0.2) is 14.5 Å². The minimum absolute atomic E-state index is 0.662. The van der Waals surface area contributed by atoms with Crippen LogP contribution in [0.4, 0.5) is 9.59 Å². The number of quaternary nitrogens is 1. The summed E-state index contributed by atoms with van der Waals surface area (Å²) < 4.78 is 0. The Morgan fingerprint density at radius 2 is 2.22 bits per heavy atom. The van der Waals surface area contributed by atoms with Gasteiger partial charge in [0.25, 0.3) is 0 Å². The Morgan fingerprint density at radius 3 is 2.33 bits per heavy atom. The number of amides is 4. The number of nitrogens with zero attached hydrogens (tertiary/aromatic N) is 1. The van der Waals surface area contributed by atoms with Crippen LogP contribution in [0, 0.1) is 5.21 Å². The maximum atomic E-state index is 10.4. The summed E-state index contributed by atoms with van der Waals surface area (Å²) in [5.41, 5.74) is 1.81. The van der Waals surface area contributed by atoms with Crippen LogP contribution in [-0.4, -0.2) is 24.0 Å². The first-order valence-electron chi connectivity index (χ1n) is 2.26. The van der Waals surface area contributed by atoms with E-state index >= 15 is 0 Å². The van der Waals surface area contributed by atoms with Crippen molar-refractivity contribution in [3.8, 4) is 0 Å². The average molecular weight is 131 g/mol. The van der Waals surface area contributed by atoms with Gasteiger partial charge in [-0.05, 0) is 0 Å². The molecule has 0 aromatic rings. The van der Waals surface area contributed by atoms with Gasteiger partial charge in [0.05, 0.1) is 0 Å².